The predicted molar refractivity (Wildman–Crippen MR) is 33.7 cm³/mol. The van der Waals surface area contributed by atoms with E-state index in [1.54, 1.807) is 12.1 Å². The molecule has 0 atom stereocenters. The lowest BCUT2D eigenvalue weighted by molar-refractivity contribution is 0.163. The zero-order chi connectivity index (χ0) is 7.40. The van der Waals surface area contributed by atoms with E-state index in [4.69, 9.17) is 14.5 Å². The van der Waals surface area contributed by atoms with Gasteiger partial charge in [-0.3, -0.25) is 0 Å². The normalized spacial score (nSPS) is 9.80. The molecule has 54 valence electrons. The van der Waals surface area contributed by atoms with Gasteiger partial charge in [0.2, 0.25) is 0 Å². The standard InChI is InChI=1S/C5H7BO4/c7-6(8)10-4-5-2-1-3-9-5/h1-3,7-8H,4H2. The van der Waals surface area contributed by atoms with Gasteiger partial charge in [-0.2, -0.15) is 0 Å². The topological polar surface area (TPSA) is 62.8 Å². The van der Waals surface area contributed by atoms with Gasteiger partial charge in [0.15, 0.2) is 0 Å². The van der Waals surface area contributed by atoms with Crippen molar-refractivity contribution in [3.8, 4) is 0 Å². The van der Waals surface area contributed by atoms with E-state index >= 15 is 0 Å². The number of hydrogen-bond donors (Lipinski definition) is 2. The van der Waals surface area contributed by atoms with E-state index in [9.17, 15) is 0 Å². The maximum absolute atomic E-state index is 8.24. The summed E-state index contributed by atoms with van der Waals surface area (Å²) in [5.74, 6) is 0.563. The van der Waals surface area contributed by atoms with Crippen molar-refractivity contribution in [1.82, 2.24) is 0 Å². The van der Waals surface area contributed by atoms with Crippen molar-refractivity contribution in [2.24, 2.45) is 0 Å². The van der Waals surface area contributed by atoms with Crippen LogP contribution in [0.1, 0.15) is 5.76 Å². The van der Waals surface area contributed by atoms with Crippen LogP contribution in [0.5, 0.6) is 0 Å². The van der Waals surface area contributed by atoms with Gasteiger partial charge in [-0.05, 0) is 12.1 Å². The third kappa shape index (κ3) is 2.22. The fourth-order valence-electron chi connectivity index (χ4n) is 0.551. The summed E-state index contributed by atoms with van der Waals surface area (Å²) in [4.78, 5) is 0. The lowest BCUT2D eigenvalue weighted by Gasteiger charge is -1.96. The minimum Gasteiger partial charge on any atom is -0.467 e. The molecule has 0 radical (unpaired) electrons. The molecule has 0 aliphatic rings. The quantitative estimate of drug-likeness (QED) is 0.572. The van der Waals surface area contributed by atoms with Gasteiger partial charge in [0, 0.05) is 0 Å². The van der Waals surface area contributed by atoms with Crippen LogP contribution in [0.4, 0.5) is 0 Å². The van der Waals surface area contributed by atoms with Crippen molar-refractivity contribution in [3.63, 3.8) is 0 Å². The van der Waals surface area contributed by atoms with Crippen LogP contribution in [0.15, 0.2) is 22.8 Å². The minimum absolute atomic E-state index is 0.0741. The Morgan fingerprint density at radius 3 is 2.90 bits per heavy atom. The van der Waals surface area contributed by atoms with E-state index in [2.05, 4.69) is 4.65 Å². The maximum Gasteiger partial charge on any atom is 0.634 e. The highest BCUT2D eigenvalue weighted by Gasteiger charge is 2.08. The monoisotopic (exact) mass is 142 g/mol. The highest BCUT2D eigenvalue weighted by atomic mass is 16.6. The molecule has 1 rings (SSSR count). The lowest BCUT2D eigenvalue weighted by Crippen LogP contribution is -2.15. The first-order valence-electron chi connectivity index (χ1n) is 2.79. The molecule has 0 amide bonds. The molecule has 10 heavy (non-hydrogen) atoms. The van der Waals surface area contributed by atoms with Crippen molar-refractivity contribution in [2.75, 3.05) is 0 Å². The summed E-state index contributed by atoms with van der Waals surface area (Å²) in [6.45, 7) is 0.0741. The van der Waals surface area contributed by atoms with Gasteiger partial charge in [-0.15, -0.1) is 0 Å². The van der Waals surface area contributed by atoms with Gasteiger partial charge in [0.05, 0.1) is 12.9 Å². The van der Waals surface area contributed by atoms with Crippen molar-refractivity contribution in [1.29, 1.82) is 0 Å². The second kappa shape index (κ2) is 3.41. The lowest BCUT2D eigenvalue weighted by atomic mass is 10.2. The molecule has 0 saturated carbocycles. The van der Waals surface area contributed by atoms with Crippen molar-refractivity contribution >= 4 is 7.32 Å². The summed E-state index contributed by atoms with van der Waals surface area (Å²) < 4.78 is 9.24. The third-order valence-corrected chi connectivity index (χ3v) is 0.955. The molecule has 0 fully saturated rings. The van der Waals surface area contributed by atoms with Crippen LogP contribution in [0.2, 0.25) is 0 Å². The van der Waals surface area contributed by atoms with Gasteiger partial charge in [-0.25, -0.2) is 0 Å². The molecule has 0 bridgehead atoms. The average Bonchev–Trinajstić information content (AvgIpc) is 2.34. The second-order valence-corrected chi connectivity index (χ2v) is 1.72. The number of furan rings is 1. The summed E-state index contributed by atoms with van der Waals surface area (Å²) in [6, 6.07) is 3.38. The van der Waals surface area contributed by atoms with E-state index in [0.717, 1.165) is 0 Å². The highest BCUT2D eigenvalue weighted by molar-refractivity contribution is 6.32. The molecule has 0 aliphatic heterocycles. The molecule has 0 spiro atoms. The molecule has 5 heteroatoms. The van der Waals surface area contributed by atoms with Crippen LogP contribution in [0, 0.1) is 0 Å². The molecule has 2 N–H and O–H groups in total. The van der Waals surface area contributed by atoms with Crippen molar-refractivity contribution < 1.29 is 19.1 Å². The van der Waals surface area contributed by atoms with Gasteiger partial charge >= 0.3 is 7.32 Å². The Balaban J connectivity index is 2.28. The van der Waals surface area contributed by atoms with Gasteiger partial charge in [0.25, 0.3) is 0 Å². The van der Waals surface area contributed by atoms with E-state index in [0.29, 0.717) is 5.76 Å². The van der Waals surface area contributed by atoms with Crippen LogP contribution in [-0.2, 0) is 11.3 Å². The van der Waals surface area contributed by atoms with Crippen LogP contribution < -0.4 is 0 Å². The molecule has 1 aromatic rings. The summed E-state index contributed by atoms with van der Waals surface area (Å²) in [7, 11) is -1.73. The zero-order valence-corrected chi connectivity index (χ0v) is 5.23. The summed E-state index contributed by atoms with van der Waals surface area (Å²) in [5.41, 5.74) is 0. The van der Waals surface area contributed by atoms with E-state index in [-0.39, 0.29) is 6.61 Å². The molecule has 1 aromatic heterocycles. The average molecular weight is 142 g/mol. The second-order valence-electron chi connectivity index (χ2n) is 1.72. The Kier molecular flexibility index (Phi) is 2.50. The number of rotatable bonds is 3. The largest absolute Gasteiger partial charge is 0.634 e. The highest BCUT2D eigenvalue weighted by Crippen LogP contribution is 2.01. The maximum atomic E-state index is 8.24. The minimum atomic E-state index is -1.73. The Morgan fingerprint density at radius 1 is 1.60 bits per heavy atom. The third-order valence-electron chi connectivity index (χ3n) is 0.955. The van der Waals surface area contributed by atoms with Crippen LogP contribution in [0.3, 0.4) is 0 Å². The summed E-state index contributed by atoms with van der Waals surface area (Å²) in [6.07, 6.45) is 1.49. The van der Waals surface area contributed by atoms with Gasteiger partial charge in [-0.1, -0.05) is 0 Å². The van der Waals surface area contributed by atoms with Crippen LogP contribution in [-0.4, -0.2) is 17.4 Å². The Hall–Kier alpha value is -0.775. The zero-order valence-electron chi connectivity index (χ0n) is 5.23. The van der Waals surface area contributed by atoms with Gasteiger partial charge in [0.1, 0.15) is 5.76 Å². The molecule has 0 aromatic carbocycles. The van der Waals surface area contributed by atoms with E-state index < -0.39 is 7.32 Å². The first-order chi connectivity index (χ1) is 4.79. The molecule has 4 nitrogen and oxygen atoms in total. The molecule has 0 saturated heterocycles. The fraction of sp³-hybridized carbons (Fsp3) is 0.200. The SMILES string of the molecule is OB(O)OCc1ccco1. The smallest absolute Gasteiger partial charge is 0.467 e. The van der Waals surface area contributed by atoms with E-state index in [1.807, 2.05) is 0 Å². The predicted octanol–water partition coefficient (Wildman–Crippen LogP) is -0.234. The van der Waals surface area contributed by atoms with Crippen molar-refractivity contribution in [3.05, 3.63) is 24.2 Å². The summed E-state index contributed by atoms with van der Waals surface area (Å²) >= 11 is 0. The molecular weight excluding hydrogens is 135 g/mol. The fourth-order valence-corrected chi connectivity index (χ4v) is 0.551. The van der Waals surface area contributed by atoms with Crippen LogP contribution >= 0.6 is 0 Å². The molecule has 0 unspecified atom stereocenters. The molecule has 0 aliphatic carbocycles. The number of hydrogen-bond acceptors (Lipinski definition) is 4. The summed E-state index contributed by atoms with van der Waals surface area (Å²) in [5, 5.41) is 16.5. The van der Waals surface area contributed by atoms with Crippen molar-refractivity contribution in [2.45, 2.75) is 6.61 Å². The Morgan fingerprint density at radius 2 is 2.40 bits per heavy atom. The first-order valence-corrected chi connectivity index (χ1v) is 2.79. The van der Waals surface area contributed by atoms with Crippen LogP contribution in [0.25, 0.3) is 0 Å². The Labute approximate surface area is 58.2 Å². The first kappa shape index (κ1) is 7.33. The van der Waals surface area contributed by atoms with E-state index in [1.165, 1.54) is 6.26 Å². The molecular formula is C5H7BO4. The molecule has 1 heterocycles. The Bertz CT molecular complexity index is 172. The van der Waals surface area contributed by atoms with Gasteiger partial charge < -0.3 is 19.1 Å².